The Morgan fingerprint density at radius 2 is 1.94 bits per heavy atom. The van der Waals surface area contributed by atoms with Crippen LogP contribution in [-0.4, -0.2) is 44.7 Å². The lowest BCUT2D eigenvalue weighted by Crippen LogP contribution is -2.37. The summed E-state index contributed by atoms with van der Waals surface area (Å²) in [5.74, 6) is -0.956. The van der Waals surface area contributed by atoms with Crippen molar-refractivity contribution in [2.24, 2.45) is 5.41 Å². The molecular formula is C25H33NO5S2. The fraction of sp³-hybridized carbons (Fsp3) is 0.480. The number of benzene rings is 2. The number of carboxylic acids is 1. The van der Waals surface area contributed by atoms with Gasteiger partial charge < -0.3 is 14.7 Å². The largest absolute Gasteiger partial charge is 0.480 e. The normalized spacial score (nSPS) is 19.7. The van der Waals surface area contributed by atoms with Crippen molar-refractivity contribution in [1.82, 2.24) is 0 Å². The summed E-state index contributed by atoms with van der Waals surface area (Å²) in [5, 5.41) is 8.91. The van der Waals surface area contributed by atoms with E-state index in [2.05, 4.69) is 18.7 Å². The number of unbranched alkanes of at least 4 members (excludes halogenated alkanes) is 1. The molecule has 1 heterocycles. The van der Waals surface area contributed by atoms with Gasteiger partial charge in [-0.05, 0) is 48.9 Å². The van der Waals surface area contributed by atoms with Gasteiger partial charge in [-0.15, -0.1) is 11.8 Å². The summed E-state index contributed by atoms with van der Waals surface area (Å²) in [6.07, 6.45) is 5.54. The fourth-order valence-electron chi connectivity index (χ4n) is 4.48. The first kappa shape index (κ1) is 25.6. The number of rotatable bonds is 10. The first-order valence-electron chi connectivity index (χ1n) is 11.3. The molecule has 1 atom stereocenters. The Balaban J connectivity index is 2.18. The van der Waals surface area contributed by atoms with Gasteiger partial charge in [-0.25, -0.2) is 13.2 Å². The second kappa shape index (κ2) is 10.9. The Kier molecular flexibility index (Phi) is 8.48. The summed E-state index contributed by atoms with van der Waals surface area (Å²) in [6.45, 7) is 4.47. The minimum Gasteiger partial charge on any atom is -0.480 e. The van der Waals surface area contributed by atoms with Crippen LogP contribution in [0.5, 0.6) is 0 Å². The summed E-state index contributed by atoms with van der Waals surface area (Å²) in [6, 6.07) is 13.6. The minimum atomic E-state index is -3.58. The standard InChI is InChI=1S/C25H33NO5S2/c1-4-6-12-25(5-2)17-26(20-10-8-7-9-11-20)21-14-22(32-3)19(15-31-16-24(27)28)13-23(21)33(29,30)18-25/h7-11,13-14H,4-6,12,15-18H2,1-3H3,(H,27,28). The number of carbonyl (C=O) groups is 1. The van der Waals surface area contributed by atoms with E-state index in [9.17, 15) is 13.2 Å². The first-order chi connectivity index (χ1) is 15.7. The third-order valence-corrected chi connectivity index (χ3v) is 9.15. The van der Waals surface area contributed by atoms with Crippen LogP contribution >= 0.6 is 11.8 Å². The lowest BCUT2D eigenvalue weighted by Gasteiger charge is -2.36. The van der Waals surface area contributed by atoms with E-state index in [1.165, 1.54) is 11.8 Å². The molecule has 1 aliphatic rings. The predicted octanol–water partition coefficient (Wildman–Crippen LogP) is 5.52. The molecule has 0 aromatic heterocycles. The molecule has 33 heavy (non-hydrogen) atoms. The molecule has 0 spiro atoms. The van der Waals surface area contributed by atoms with E-state index < -0.39 is 22.4 Å². The number of fused-ring (bicyclic) bond motifs is 1. The lowest BCUT2D eigenvalue weighted by atomic mass is 9.81. The molecule has 1 aliphatic heterocycles. The summed E-state index contributed by atoms with van der Waals surface area (Å²) >= 11 is 1.50. The van der Waals surface area contributed by atoms with Gasteiger partial charge in [-0.3, -0.25) is 0 Å². The van der Waals surface area contributed by atoms with Crippen LogP contribution in [0, 0.1) is 5.41 Å². The monoisotopic (exact) mass is 491 g/mol. The van der Waals surface area contributed by atoms with Crippen LogP contribution in [0.15, 0.2) is 52.3 Å². The molecule has 0 amide bonds. The van der Waals surface area contributed by atoms with E-state index in [-0.39, 0.29) is 17.8 Å². The highest BCUT2D eigenvalue weighted by Crippen LogP contribution is 2.45. The zero-order chi connectivity index (χ0) is 24.1. The van der Waals surface area contributed by atoms with Crippen molar-refractivity contribution in [3.05, 3.63) is 48.0 Å². The van der Waals surface area contributed by atoms with E-state index in [0.717, 1.165) is 36.3 Å². The zero-order valence-electron chi connectivity index (χ0n) is 19.5. The molecule has 0 saturated carbocycles. The van der Waals surface area contributed by atoms with Crippen LogP contribution in [-0.2, 0) is 26.0 Å². The molecular weight excluding hydrogens is 458 g/mol. The molecule has 180 valence electrons. The average Bonchev–Trinajstić information content (AvgIpc) is 2.90. The van der Waals surface area contributed by atoms with E-state index >= 15 is 0 Å². The summed E-state index contributed by atoms with van der Waals surface area (Å²) in [4.78, 5) is 14.2. The average molecular weight is 492 g/mol. The quantitative estimate of drug-likeness (QED) is 0.438. The molecule has 3 rings (SSSR count). The van der Waals surface area contributed by atoms with Crippen molar-refractivity contribution in [3.63, 3.8) is 0 Å². The maximum Gasteiger partial charge on any atom is 0.329 e. The first-order valence-corrected chi connectivity index (χ1v) is 14.2. The van der Waals surface area contributed by atoms with Crippen LogP contribution in [0.25, 0.3) is 0 Å². The van der Waals surface area contributed by atoms with Crippen LogP contribution in [0.3, 0.4) is 0 Å². The SMILES string of the molecule is CCCCC1(CC)CN(c2ccccc2)c2cc(SC)c(COCC(=O)O)cc2S(=O)(=O)C1. The smallest absolute Gasteiger partial charge is 0.329 e. The molecule has 0 saturated heterocycles. The number of anilines is 2. The van der Waals surface area contributed by atoms with E-state index in [1.807, 2.05) is 42.7 Å². The van der Waals surface area contributed by atoms with Gasteiger partial charge in [0.05, 0.1) is 22.9 Å². The maximum absolute atomic E-state index is 13.8. The molecule has 0 aliphatic carbocycles. The van der Waals surface area contributed by atoms with Crippen molar-refractivity contribution in [3.8, 4) is 0 Å². The number of carboxylic acid groups (broad SMARTS) is 1. The Morgan fingerprint density at radius 1 is 1.21 bits per heavy atom. The Hall–Kier alpha value is -2.03. The maximum atomic E-state index is 13.8. The molecule has 1 N–H and O–H groups in total. The topological polar surface area (TPSA) is 83.9 Å². The Morgan fingerprint density at radius 3 is 2.55 bits per heavy atom. The zero-order valence-corrected chi connectivity index (χ0v) is 21.2. The molecule has 0 radical (unpaired) electrons. The van der Waals surface area contributed by atoms with Crippen LogP contribution in [0.4, 0.5) is 11.4 Å². The minimum absolute atomic E-state index is 0.0470. The van der Waals surface area contributed by atoms with Gasteiger partial charge in [0.25, 0.3) is 0 Å². The van der Waals surface area contributed by atoms with Crippen LogP contribution in [0.1, 0.15) is 45.1 Å². The van der Waals surface area contributed by atoms with Crippen LogP contribution < -0.4 is 4.90 Å². The molecule has 0 fully saturated rings. The molecule has 0 bridgehead atoms. The second-order valence-electron chi connectivity index (χ2n) is 8.66. The highest BCUT2D eigenvalue weighted by molar-refractivity contribution is 7.98. The number of hydrogen-bond donors (Lipinski definition) is 1. The lowest BCUT2D eigenvalue weighted by molar-refractivity contribution is -0.142. The third-order valence-electron chi connectivity index (χ3n) is 6.34. The van der Waals surface area contributed by atoms with Gasteiger partial charge >= 0.3 is 5.97 Å². The number of ether oxygens (including phenoxy) is 1. The van der Waals surface area contributed by atoms with Gasteiger partial charge in [0.15, 0.2) is 9.84 Å². The van der Waals surface area contributed by atoms with Gasteiger partial charge in [-0.2, -0.15) is 0 Å². The second-order valence-corrected chi connectivity index (χ2v) is 11.5. The van der Waals surface area contributed by atoms with Gasteiger partial charge in [0.1, 0.15) is 6.61 Å². The number of aliphatic carboxylic acids is 1. The predicted molar refractivity (Wildman–Crippen MR) is 133 cm³/mol. The van der Waals surface area contributed by atoms with Gasteiger partial charge in [-0.1, -0.05) is 44.9 Å². The van der Waals surface area contributed by atoms with Crippen molar-refractivity contribution in [2.45, 2.75) is 55.9 Å². The summed E-state index contributed by atoms with van der Waals surface area (Å²) in [5.41, 5.74) is 1.98. The highest BCUT2D eigenvalue weighted by atomic mass is 32.2. The third kappa shape index (κ3) is 5.91. The van der Waals surface area contributed by atoms with E-state index in [4.69, 9.17) is 9.84 Å². The Bertz CT molecular complexity index is 1070. The molecule has 8 heteroatoms. The van der Waals surface area contributed by atoms with Gasteiger partial charge in [0, 0.05) is 22.5 Å². The van der Waals surface area contributed by atoms with Crippen molar-refractivity contribution < 1.29 is 23.1 Å². The molecule has 2 aromatic rings. The summed E-state index contributed by atoms with van der Waals surface area (Å²) in [7, 11) is -3.58. The van der Waals surface area contributed by atoms with E-state index in [1.54, 1.807) is 6.07 Å². The Labute approximate surface area is 201 Å². The van der Waals surface area contributed by atoms with Crippen LogP contribution in [0.2, 0.25) is 0 Å². The number of para-hydroxylation sites is 1. The summed E-state index contributed by atoms with van der Waals surface area (Å²) < 4.78 is 32.9. The molecule has 2 aromatic carbocycles. The van der Waals surface area contributed by atoms with Gasteiger partial charge in [0.2, 0.25) is 0 Å². The highest BCUT2D eigenvalue weighted by Gasteiger charge is 2.41. The number of thioether (sulfide) groups is 1. The molecule has 1 unspecified atom stereocenters. The van der Waals surface area contributed by atoms with E-state index in [0.29, 0.717) is 22.7 Å². The van der Waals surface area contributed by atoms with Crippen molar-refractivity contribution in [1.29, 1.82) is 0 Å². The van der Waals surface area contributed by atoms with Crippen molar-refractivity contribution in [2.75, 3.05) is 30.1 Å². The number of nitrogens with zero attached hydrogens (tertiary/aromatic N) is 1. The van der Waals surface area contributed by atoms with Crippen molar-refractivity contribution >= 4 is 38.9 Å². The fourth-order valence-corrected chi connectivity index (χ4v) is 7.30. The molecule has 6 nitrogen and oxygen atoms in total. The number of sulfone groups is 1. The number of hydrogen-bond acceptors (Lipinski definition) is 6.